The lowest BCUT2D eigenvalue weighted by Gasteiger charge is -2.42. The number of nitrogens with zero attached hydrogens (tertiary/aromatic N) is 2. The van der Waals surface area contributed by atoms with Crippen molar-refractivity contribution < 1.29 is 9.59 Å². The van der Waals surface area contributed by atoms with Gasteiger partial charge in [-0.3, -0.25) is 9.59 Å². The van der Waals surface area contributed by atoms with Gasteiger partial charge in [-0.25, -0.2) is 0 Å². The molecule has 2 heterocycles. The van der Waals surface area contributed by atoms with Crippen LogP contribution in [0.3, 0.4) is 0 Å². The summed E-state index contributed by atoms with van der Waals surface area (Å²) in [5.41, 5.74) is 1.05. The summed E-state index contributed by atoms with van der Waals surface area (Å²) in [5.74, 6) is 0.672. The molecule has 0 aliphatic carbocycles. The van der Waals surface area contributed by atoms with Gasteiger partial charge in [0.15, 0.2) is 0 Å². The number of carbonyl (C=O) groups excluding carboxylic acids is 2. The Balaban J connectivity index is 1.71. The Morgan fingerprint density at radius 3 is 2.62 bits per heavy atom. The lowest BCUT2D eigenvalue weighted by molar-refractivity contribution is -0.134. The minimum absolute atomic E-state index is 0.104. The maximum atomic E-state index is 12.8. The summed E-state index contributed by atoms with van der Waals surface area (Å²) >= 11 is 0. The number of benzene rings is 1. The second kappa shape index (κ2) is 7.65. The zero-order chi connectivity index (χ0) is 16.9. The summed E-state index contributed by atoms with van der Waals surface area (Å²) in [6, 6.07) is 10.2. The highest BCUT2D eigenvalue weighted by molar-refractivity contribution is 5.92. The molecular formula is C20H26N2O2. The SMILES string of the molecule is CC(=O)N1CC[C@@H]2[C@H](CCCCN2C(=O)/C=C/c2ccccc2)C1. The smallest absolute Gasteiger partial charge is 0.246 e. The maximum Gasteiger partial charge on any atom is 0.246 e. The molecule has 128 valence electrons. The number of carbonyl (C=O) groups is 2. The second-order valence-electron chi connectivity index (χ2n) is 6.85. The van der Waals surface area contributed by atoms with Crippen LogP contribution in [0.5, 0.6) is 0 Å². The van der Waals surface area contributed by atoms with E-state index in [0.717, 1.165) is 50.9 Å². The molecule has 0 unspecified atom stereocenters. The van der Waals surface area contributed by atoms with Crippen molar-refractivity contribution in [3.05, 3.63) is 42.0 Å². The number of hydrogen-bond donors (Lipinski definition) is 0. The monoisotopic (exact) mass is 326 g/mol. The quantitative estimate of drug-likeness (QED) is 0.784. The highest BCUT2D eigenvalue weighted by Crippen LogP contribution is 2.30. The molecule has 4 heteroatoms. The van der Waals surface area contributed by atoms with Crippen LogP contribution in [0.2, 0.25) is 0 Å². The Hall–Kier alpha value is -2.10. The molecule has 2 amide bonds. The van der Waals surface area contributed by atoms with Crippen LogP contribution < -0.4 is 0 Å². The van der Waals surface area contributed by atoms with Crippen molar-refractivity contribution in [2.24, 2.45) is 5.92 Å². The number of rotatable bonds is 2. The normalized spacial score (nSPS) is 24.5. The molecule has 4 nitrogen and oxygen atoms in total. The van der Waals surface area contributed by atoms with E-state index in [0.29, 0.717) is 5.92 Å². The molecule has 0 radical (unpaired) electrons. The molecule has 2 aliphatic heterocycles. The minimum atomic E-state index is 0.104. The van der Waals surface area contributed by atoms with Crippen molar-refractivity contribution in [1.82, 2.24) is 9.80 Å². The molecule has 24 heavy (non-hydrogen) atoms. The molecule has 3 rings (SSSR count). The molecular weight excluding hydrogens is 300 g/mol. The van der Waals surface area contributed by atoms with Crippen LogP contribution in [0.25, 0.3) is 6.08 Å². The van der Waals surface area contributed by atoms with Gasteiger partial charge in [-0.1, -0.05) is 36.8 Å². The maximum absolute atomic E-state index is 12.8. The Bertz CT molecular complexity index is 611. The number of fused-ring (bicyclic) bond motifs is 1. The number of hydrogen-bond acceptors (Lipinski definition) is 2. The highest BCUT2D eigenvalue weighted by Gasteiger charge is 2.36. The topological polar surface area (TPSA) is 40.6 Å². The first-order valence-electron chi connectivity index (χ1n) is 8.94. The van der Waals surface area contributed by atoms with Gasteiger partial charge in [0.2, 0.25) is 11.8 Å². The van der Waals surface area contributed by atoms with Crippen LogP contribution in [0, 0.1) is 5.92 Å². The van der Waals surface area contributed by atoms with E-state index >= 15 is 0 Å². The molecule has 2 saturated heterocycles. The van der Waals surface area contributed by atoms with Gasteiger partial charge in [0.25, 0.3) is 0 Å². The van der Waals surface area contributed by atoms with E-state index in [9.17, 15) is 9.59 Å². The molecule has 1 aromatic carbocycles. The summed E-state index contributed by atoms with van der Waals surface area (Å²) in [5, 5.41) is 0. The standard InChI is InChI=1S/C20H26N2O2/c1-16(23)21-14-12-19-18(15-21)9-5-6-13-22(19)20(24)11-10-17-7-3-2-4-8-17/h2-4,7-8,10-11,18-19H,5-6,9,12-15H2,1H3/b11-10+/t18-,19-/m1/s1. The third-order valence-corrected chi connectivity index (χ3v) is 5.26. The van der Waals surface area contributed by atoms with Crippen molar-refractivity contribution in [2.45, 2.75) is 38.6 Å². The third kappa shape index (κ3) is 3.86. The summed E-state index contributed by atoms with van der Waals surface area (Å²) in [6.07, 6.45) is 7.80. The van der Waals surface area contributed by atoms with Gasteiger partial charge in [-0.2, -0.15) is 0 Å². The van der Waals surface area contributed by atoms with E-state index in [1.807, 2.05) is 41.3 Å². The summed E-state index contributed by atoms with van der Waals surface area (Å²) in [6.45, 7) is 4.04. The van der Waals surface area contributed by atoms with Crippen molar-refractivity contribution in [2.75, 3.05) is 19.6 Å². The van der Waals surface area contributed by atoms with E-state index in [2.05, 4.69) is 4.90 Å². The van der Waals surface area contributed by atoms with Crippen LogP contribution in [0.4, 0.5) is 0 Å². The van der Waals surface area contributed by atoms with E-state index in [4.69, 9.17) is 0 Å². The van der Waals surface area contributed by atoms with E-state index in [1.165, 1.54) is 0 Å². The number of piperidine rings is 1. The second-order valence-corrected chi connectivity index (χ2v) is 6.85. The van der Waals surface area contributed by atoms with Gasteiger partial charge < -0.3 is 9.80 Å². The summed E-state index contributed by atoms with van der Waals surface area (Å²) < 4.78 is 0. The van der Waals surface area contributed by atoms with Gasteiger partial charge in [-0.05, 0) is 36.8 Å². The van der Waals surface area contributed by atoms with E-state index in [1.54, 1.807) is 13.0 Å². The number of amides is 2. The van der Waals surface area contributed by atoms with Crippen LogP contribution >= 0.6 is 0 Å². The molecule has 0 saturated carbocycles. The first-order valence-corrected chi connectivity index (χ1v) is 8.94. The lowest BCUT2D eigenvalue weighted by atomic mass is 9.88. The zero-order valence-electron chi connectivity index (χ0n) is 14.4. The fraction of sp³-hybridized carbons (Fsp3) is 0.500. The highest BCUT2D eigenvalue weighted by atomic mass is 16.2. The van der Waals surface area contributed by atoms with Crippen LogP contribution in [-0.2, 0) is 9.59 Å². The Labute approximate surface area is 144 Å². The molecule has 2 fully saturated rings. The molecule has 0 bridgehead atoms. The minimum Gasteiger partial charge on any atom is -0.343 e. The zero-order valence-corrected chi connectivity index (χ0v) is 14.4. The lowest BCUT2D eigenvalue weighted by Crippen LogP contribution is -2.52. The predicted molar refractivity (Wildman–Crippen MR) is 95.2 cm³/mol. The molecule has 2 atom stereocenters. The van der Waals surface area contributed by atoms with Crippen LogP contribution in [0.1, 0.15) is 38.2 Å². The summed E-state index contributed by atoms with van der Waals surface area (Å²) in [7, 11) is 0. The molecule has 0 spiro atoms. The van der Waals surface area contributed by atoms with Crippen molar-refractivity contribution in [3.63, 3.8) is 0 Å². The van der Waals surface area contributed by atoms with Crippen molar-refractivity contribution >= 4 is 17.9 Å². The van der Waals surface area contributed by atoms with Gasteiger partial charge in [-0.15, -0.1) is 0 Å². The first-order chi connectivity index (χ1) is 11.6. The average molecular weight is 326 g/mol. The van der Waals surface area contributed by atoms with Gasteiger partial charge in [0.1, 0.15) is 0 Å². The fourth-order valence-electron chi connectivity index (χ4n) is 3.96. The van der Waals surface area contributed by atoms with Crippen LogP contribution in [0.15, 0.2) is 36.4 Å². The van der Waals surface area contributed by atoms with Crippen molar-refractivity contribution in [1.29, 1.82) is 0 Å². The largest absolute Gasteiger partial charge is 0.343 e. The van der Waals surface area contributed by atoms with E-state index in [-0.39, 0.29) is 17.9 Å². The molecule has 1 aromatic rings. The van der Waals surface area contributed by atoms with E-state index < -0.39 is 0 Å². The summed E-state index contributed by atoms with van der Waals surface area (Å²) in [4.78, 5) is 28.4. The molecule has 2 aliphatic rings. The molecule has 0 N–H and O–H groups in total. The first kappa shape index (κ1) is 16.7. The Morgan fingerprint density at radius 1 is 1.08 bits per heavy atom. The number of likely N-dealkylation sites (tertiary alicyclic amines) is 2. The van der Waals surface area contributed by atoms with Gasteiger partial charge >= 0.3 is 0 Å². The fourth-order valence-corrected chi connectivity index (χ4v) is 3.96. The van der Waals surface area contributed by atoms with Gasteiger partial charge in [0, 0.05) is 38.7 Å². The average Bonchev–Trinajstić information content (AvgIpc) is 2.82. The van der Waals surface area contributed by atoms with Crippen molar-refractivity contribution in [3.8, 4) is 0 Å². The van der Waals surface area contributed by atoms with Crippen LogP contribution in [-0.4, -0.2) is 47.3 Å². The van der Waals surface area contributed by atoms with Gasteiger partial charge in [0.05, 0.1) is 0 Å². The third-order valence-electron chi connectivity index (χ3n) is 5.26. The molecule has 0 aromatic heterocycles. The Morgan fingerprint density at radius 2 is 1.88 bits per heavy atom. The predicted octanol–water partition coefficient (Wildman–Crippen LogP) is 2.95. The Kier molecular flexibility index (Phi) is 5.34.